The van der Waals surface area contributed by atoms with E-state index in [9.17, 15) is 0 Å². The number of fused-ring (bicyclic) bond motifs is 1. The lowest BCUT2D eigenvalue weighted by Gasteiger charge is -2.43. The van der Waals surface area contributed by atoms with Crippen LogP contribution in [0.1, 0.15) is 23.6 Å². The lowest BCUT2D eigenvalue weighted by atomic mass is 10.0. The maximum Gasteiger partial charge on any atom is 0.138 e. The van der Waals surface area contributed by atoms with Crippen LogP contribution in [0.5, 0.6) is 11.5 Å². The molecule has 2 aromatic carbocycles. The Balaban J connectivity index is 1.46. The molecule has 0 saturated carbocycles. The molecule has 2 saturated heterocycles. The van der Waals surface area contributed by atoms with Gasteiger partial charge in [-0.25, -0.2) is 0 Å². The summed E-state index contributed by atoms with van der Waals surface area (Å²) >= 11 is 0. The highest BCUT2D eigenvalue weighted by Crippen LogP contribution is 2.34. The van der Waals surface area contributed by atoms with Gasteiger partial charge in [-0.1, -0.05) is 36.4 Å². The lowest BCUT2D eigenvalue weighted by molar-refractivity contribution is -0.194. The summed E-state index contributed by atoms with van der Waals surface area (Å²) in [5.41, 5.74) is 2.00. The summed E-state index contributed by atoms with van der Waals surface area (Å²) in [5.74, 6) is 1.64. The van der Waals surface area contributed by atoms with Crippen LogP contribution in [-0.2, 0) is 9.47 Å². The van der Waals surface area contributed by atoms with E-state index in [1.165, 1.54) is 0 Å². The Bertz CT molecular complexity index is 691. The smallest absolute Gasteiger partial charge is 0.138 e. The first-order valence-electron chi connectivity index (χ1n) is 8.83. The fourth-order valence-corrected chi connectivity index (χ4v) is 3.56. The van der Waals surface area contributed by atoms with Gasteiger partial charge in [0.1, 0.15) is 24.0 Å². The first-order valence-corrected chi connectivity index (χ1v) is 8.83. The Labute approximate surface area is 153 Å². The zero-order chi connectivity index (χ0) is 17.9. The number of benzene rings is 2. The molecule has 4 rings (SSSR count). The molecule has 2 N–H and O–H groups in total. The van der Waals surface area contributed by atoms with Crippen LogP contribution in [0, 0.1) is 0 Å². The number of nitrogens with one attached hydrogen (secondary N) is 2. The lowest BCUT2D eigenvalue weighted by Crippen LogP contribution is -2.57. The normalized spacial score (nSPS) is 28.2. The molecule has 2 fully saturated rings. The second kappa shape index (κ2) is 7.63. The Kier molecular flexibility index (Phi) is 5.08. The molecule has 0 amide bonds. The monoisotopic (exact) mass is 356 g/mol. The van der Waals surface area contributed by atoms with Crippen molar-refractivity contribution in [3.05, 3.63) is 59.7 Å². The average molecular weight is 356 g/mol. The van der Waals surface area contributed by atoms with Gasteiger partial charge in [0.15, 0.2) is 0 Å². The van der Waals surface area contributed by atoms with Crippen LogP contribution >= 0.6 is 0 Å². The molecule has 6 nitrogen and oxygen atoms in total. The summed E-state index contributed by atoms with van der Waals surface area (Å²) in [6, 6.07) is 15.8. The summed E-state index contributed by atoms with van der Waals surface area (Å²) in [5, 5.41) is 6.85. The van der Waals surface area contributed by atoms with Crippen molar-refractivity contribution in [1.29, 1.82) is 0 Å². The molecule has 2 aromatic rings. The quantitative estimate of drug-likeness (QED) is 0.877. The summed E-state index contributed by atoms with van der Waals surface area (Å²) in [7, 11) is 3.35. The van der Waals surface area contributed by atoms with Crippen LogP contribution in [0.2, 0.25) is 0 Å². The van der Waals surface area contributed by atoms with Gasteiger partial charge in [0.2, 0.25) is 0 Å². The van der Waals surface area contributed by atoms with Crippen LogP contribution in [0.25, 0.3) is 0 Å². The van der Waals surface area contributed by atoms with E-state index in [1.54, 1.807) is 14.2 Å². The zero-order valence-electron chi connectivity index (χ0n) is 15.0. The molecule has 4 atom stereocenters. The van der Waals surface area contributed by atoms with Gasteiger partial charge >= 0.3 is 0 Å². The summed E-state index contributed by atoms with van der Waals surface area (Å²) < 4.78 is 23.4. The minimum atomic E-state index is -0.208. The van der Waals surface area contributed by atoms with Crippen LogP contribution < -0.4 is 20.1 Å². The van der Waals surface area contributed by atoms with Gasteiger partial charge in [0.05, 0.1) is 26.4 Å². The molecule has 0 aromatic heterocycles. The minimum absolute atomic E-state index is 0.0304. The van der Waals surface area contributed by atoms with Crippen molar-refractivity contribution in [2.75, 3.05) is 27.3 Å². The molecular formula is C20H24N2O4. The summed E-state index contributed by atoms with van der Waals surface area (Å²) in [6.45, 7) is 1.42. The summed E-state index contributed by atoms with van der Waals surface area (Å²) in [6.07, 6.45) is -0.476. The van der Waals surface area contributed by atoms with E-state index >= 15 is 0 Å². The fourth-order valence-electron chi connectivity index (χ4n) is 3.56. The predicted molar refractivity (Wildman–Crippen MR) is 97.2 cm³/mol. The van der Waals surface area contributed by atoms with Gasteiger partial charge in [-0.05, 0) is 12.1 Å². The van der Waals surface area contributed by atoms with Crippen LogP contribution in [0.4, 0.5) is 0 Å². The number of hydrogen-bond acceptors (Lipinski definition) is 6. The number of ether oxygens (including phenoxy) is 4. The molecule has 2 aliphatic heterocycles. The summed E-state index contributed by atoms with van der Waals surface area (Å²) in [4.78, 5) is 0. The van der Waals surface area contributed by atoms with E-state index in [0.717, 1.165) is 22.6 Å². The largest absolute Gasteiger partial charge is 0.496 e. The van der Waals surface area contributed by atoms with E-state index < -0.39 is 0 Å². The molecular weight excluding hydrogens is 332 g/mol. The molecule has 2 heterocycles. The molecule has 0 aliphatic carbocycles. The molecule has 6 heteroatoms. The van der Waals surface area contributed by atoms with E-state index in [4.69, 9.17) is 18.9 Å². The van der Waals surface area contributed by atoms with Gasteiger partial charge < -0.3 is 18.9 Å². The first kappa shape index (κ1) is 17.3. The van der Waals surface area contributed by atoms with E-state index in [0.29, 0.717) is 13.1 Å². The zero-order valence-corrected chi connectivity index (χ0v) is 15.0. The van der Waals surface area contributed by atoms with E-state index in [1.807, 2.05) is 48.5 Å². The van der Waals surface area contributed by atoms with Gasteiger partial charge in [-0.2, -0.15) is 0 Å². The van der Waals surface area contributed by atoms with Crippen molar-refractivity contribution in [2.24, 2.45) is 0 Å². The van der Waals surface area contributed by atoms with Crippen molar-refractivity contribution < 1.29 is 18.9 Å². The van der Waals surface area contributed by atoms with Crippen molar-refractivity contribution in [2.45, 2.75) is 24.7 Å². The fraction of sp³-hybridized carbons (Fsp3) is 0.400. The standard InChI is InChI=1S/C20H24N2O4/c1-23-15-9-5-3-7-13(15)19-21-11-18-17(25-19)12-22-20(26-18)14-8-4-6-10-16(14)24-2/h3-10,17-22H,11-12H2,1-2H3/t17-,18-,19+,20+/m0/s1. The van der Waals surface area contributed by atoms with Gasteiger partial charge in [0, 0.05) is 24.2 Å². The number of methoxy groups -OCH3 is 2. The average Bonchev–Trinajstić information content (AvgIpc) is 2.73. The Hall–Kier alpha value is -2.12. The van der Waals surface area contributed by atoms with E-state index in [-0.39, 0.29) is 24.7 Å². The SMILES string of the molecule is COc1ccccc1[C@@H]1NC[C@@H]2O[C@H](c3ccccc3OC)NC[C@@H]2O1. The highest BCUT2D eigenvalue weighted by atomic mass is 16.6. The minimum Gasteiger partial charge on any atom is -0.496 e. The third-order valence-corrected chi connectivity index (χ3v) is 4.89. The molecule has 2 aliphatic rings. The highest BCUT2D eigenvalue weighted by molar-refractivity contribution is 5.36. The van der Waals surface area contributed by atoms with E-state index in [2.05, 4.69) is 10.6 Å². The Morgan fingerprint density at radius 1 is 0.731 bits per heavy atom. The third kappa shape index (κ3) is 3.29. The van der Waals surface area contributed by atoms with Crippen LogP contribution in [0.3, 0.4) is 0 Å². The molecule has 138 valence electrons. The molecule has 0 spiro atoms. The second-order valence-corrected chi connectivity index (χ2v) is 6.41. The number of rotatable bonds is 4. The van der Waals surface area contributed by atoms with Gasteiger partial charge in [0.25, 0.3) is 0 Å². The molecule has 0 radical (unpaired) electrons. The van der Waals surface area contributed by atoms with Crippen molar-refractivity contribution >= 4 is 0 Å². The maximum atomic E-state index is 6.25. The van der Waals surface area contributed by atoms with Gasteiger partial charge in [-0.15, -0.1) is 0 Å². The number of hydrogen-bond donors (Lipinski definition) is 2. The first-order chi connectivity index (χ1) is 12.8. The maximum absolute atomic E-state index is 6.25. The number of para-hydroxylation sites is 2. The Morgan fingerprint density at radius 2 is 1.15 bits per heavy atom. The Morgan fingerprint density at radius 3 is 1.58 bits per heavy atom. The highest BCUT2D eigenvalue weighted by Gasteiger charge is 2.39. The van der Waals surface area contributed by atoms with Crippen LogP contribution in [-0.4, -0.2) is 39.5 Å². The van der Waals surface area contributed by atoms with Crippen molar-refractivity contribution in [1.82, 2.24) is 10.6 Å². The third-order valence-electron chi connectivity index (χ3n) is 4.89. The topological polar surface area (TPSA) is 61.0 Å². The molecule has 0 bridgehead atoms. The van der Waals surface area contributed by atoms with Crippen LogP contribution in [0.15, 0.2) is 48.5 Å². The second-order valence-electron chi connectivity index (χ2n) is 6.41. The van der Waals surface area contributed by atoms with Crippen molar-refractivity contribution in [3.63, 3.8) is 0 Å². The molecule has 26 heavy (non-hydrogen) atoms. The van der Waals surface area contributed by atoms with Gasteiger partial charge in [-0.3, -0.25) is 10.6 Å². The predicted octanol–water partition coefficient (Wildman–Crippen LogP) is 2.38. The molecule has 0 unspecified atom stereocenters. The van der Waals surface area contributed by atoms with Crippen molar-refractivity contribution in [3.8, 4) is 11.5 Å².